The number of nitrogens with two attached hydrogens (primary N) is 1. The summed E-state index contributed by atoms with van der Waals surface area (Å²) in [5.74, 6) is 0.694. The number of hydrogen-bond acceptors (Lipinski definition) is 3. The number of hydrogen-bond donors (Lipinski definition) is 2. The van der Waals surface area contributed by atoms with E-state index in [0.717, 1.165) is 6.42 Å². The maximum absolute atomic E-state index is 11.8. The van der Waals surface area contributed by atoms with Crippen LogP contribution in [0.3, 0.4) is 0 Å². The van der Waals surface area contributed by atoms with Crippen molar-refractivity contribution in [2.75, 3.05) is 0 Å². The van der Waals surface area contributed by atoms with Gasteiger partial charge in [0.05, 0.1) is 0 Å². The number of carbonyl (C=O) groups is 1. The van der Waals surface area contributed by atoms with E-state index in [2.05, 4.69) is 5.32 Å². The lowest BCUT2D eigenvalue weighted by molar-refractivity contribution is 0.0487. The van der Waals surface area contributed by atoms with Gasteiger partial charge < -0.3 is 15.8 Å². The highest BCUT2D eigenvalue weighted by molar-refractivity contribution is 5.68. The number of nitrogens with one attached hydrogen (secondary N) is 1. The zero-order valence-corrected chi connectivity index (χ0v) is 12.9. The lowest BCUT2D eigenvalue weighted by Crippen LogP contribution is -2.48. The van der Waals surface area contributed by atoms with Gasteiger partial charge in [-0.1, -0.05) is 32.1 Å². The molecule has 0 aromatic rings. The Balaban J connectivity index is 2.45. The summed E-state index contributed by atoms with van der Waals surface area (Å²) >= 11 is 0. The topological polar surface area (TPSA) is 64.3 Å². The molecule has 0 aromatic carbocycles. The molecular formula is C15H30N2O2. The molecule has 1 fully saturated rings. The molecule has 0 unspecified atom stereocenters. The first kappa shape index (κ1) is 16.3. The summed E-state index contributed by atoms with van der Waals surface area (Å²) in [6.45, 7) is 7.56. The monoisotopic (exact) mass is 270 g/mol. The molecule has 4 nitrogen and oxygen atoms in total. The summed E-state index contributed by atoms with van der Waals surface area (Å²) in [6, 6.07) is -0.0348. The zero-order chi connectivity index (χ0) is 14.5. The predicted octanol–water partition coefficient (Wildman–Crippen LogP) is 3.20. The Morgan fingerprint density at radius 2 is 1.89 bits per heavy atom. The predicted molar refractivity (Wildman–Crippen MR) is 78.0 cm³/mol. The normalized spacial score (nSPS) is 20.7. The van der Waals surface area contributed by atoms with Crippen LogP contribution in [-0.4, -0.2) is 23.8 Å². The van der Waals surface area contributed by atoms with E-state index in [1.165, 1.54) is 32.1 Å². The van der Waals surface area contributed by atoms with Crippen molar-refractivity contribution in [3.05, 3.63) is 0 Å². The van der Waals surface area contributed by atoms with Gasteiger partial charge in [0, 0.05) is 12.1 Å². The summed E-state index contributed by atoms with van der Waals surface area (Å²) in [4.78, 5) is 11.8. The van der Waals surface area contributed by atoms with E-state index in [0.29, 0.717) is 5.92 Å². The van der Waals surface area contributed by atoms with E-state index < -0.39 is 5.60 Å². The SMILES string of the molecule is C[C@@H](N)[C@H](CC1CCCCC1)NC(=O)OC(C)(C)C. The minimum absolute atomic E-state index is 0.0120. The molecule has 4 heteroatoms. The van der Waals surface area contributed by atoms with Crippen molar-refractivity contribution < 1.29 is 9.53 Å². The van der Waals surface area contributed by atoms with Gasteiger partial charge in [-0.05, 0) is 40.0 Å². The first-order valence-corrected chi connectivity index (χ1v) is 7.53. The molecule has 2 atom stereocenters. The van der Waals surface area contributed by atoms with E-state index in [1.807, 2.05) is 27.7 Å². The van der Waals surface area contributed by atoms with Crippen molar-refractivity contribution in [2.24, 2.45) is 11.7 Å². The maximum atomic E-state index is 11.8. The summed E-state index contributed by atoms with van der Waals surface area (Å²) in [5.41, 5.74) is 5.53. The molecule has 3 N–H and O–H groups in total. The third kappa shape index (κ3) is 6.81. The van der Waals surface area contributed by atoms with Crippen LogP contribution < -0.4 is 11.1 Å². The fourth-order valence-electron chi connectivity index (χ4n) is 2.65. The standard InChI is InChI=1S/C15H30N2O2/c1-11(16)13(10-12-8-6-5-7-9-12)17-14(18)19-15(2,3)4/h11-13H,5-10,16H2,1-4H3,(H,17,18)/t11-,13+/m1/s1. The molecule has 1 rings (SSSR count). The van der Waals surface area contributed by atoms with Gasteiger partial charge in [-0.25, -0.2) is 4.79 Å². The average molecular weight is 270 g/mol. The molecule has 0 radical (unpaired) electrons. The Bertz CT molecular complexity index is 278. The van der Waals surface area contributed by atoms with E-state index in [4.69, 9.17) is 10.5 Å². The van der Waals surface area contributed by atoms with Gasteiger partial charge in [0.1, 0.15) is 5.60 Å². The highest BCUT2D eigenvalue weighted by Crippen LogP contribution is 2.27. The van der Waals surface area contributed by atoms with Crippen LogP contribution in [0.15, 0.2) is 0 Å². The minimum Gasteiger partial charge on any atom is -0.444 e. The largest absolute Gasteiger partial charge is 0.444 e. The number of rotatable bonds is 4. The van der Waals surface area contributed by atoms with Gasteiger partial charge in [-0.15, -0.1) is 0 Å². The molecular weight excluding hydrogens is 240 g/mol. The van der Waals surface area contributed by atoms with Gasteiger partial charge in [-0.2, -0.15) is 0 Å². The Labute approximate surface area is 117 Å². The smallest absolute Gasteiger partial charge is 0.407 e. The first-order valence-electron chi connectivity index (χ1n) is 7.53. The number of alkyl carbamates (subject to hydrolysis) is 1. The molecule has 1 aliphatic rings. The van der Waals surface area contributed by atoms with Crippen LogP contribution in [0.1, 0.15) is 66.2 Å². The zero-order valence-electron chi connectivity index (χ0n) is 12.9. The van der Waals surface area contributed by atoms with Gasteiger partial charge in [0.25, 0.3) is 0 Å². The Morgan fingerprint density at radius 3 is 2.37 bits per heavy atom. The molecule has 1 saturated carbocycles. The van der Waals surface area contributed by atoms with E-state index in [-0.39, 0.29) is 18.2 Å². The number of carbonyl (C=O) groups excluding carboxylic acids is 1. The maximum Gasteiger partial charge on any atom is 0.407 e. The third-order valence-corrected chi connectivity index (χ3v) is 3.65. The fraction of sp³-hybridized carbons (Fsp3) is 0.933. The van der Waals surface area contributed by atoms with E-state index >= 15 is 0 Å². The summed E-state index contributed by atoms with van der Waals surface area (Å²) in [5, 5.41) is 2.93. The average Bonchev–Trinajstić information content (AvgIpc) is 2.26. The molecule has 112 valence electrons. The molecule has 0 aromatic heterocycles. The van der Waals surface area contributed by atoms with Crippen LogP contribution >= 0.6 is 0 Å². The number of ether oxygens (including phenoxy) is 1. The lowest BCUT2D eigenvalue weighted by Gasteiger charge is -2.30. The lowest BCUT2D eigenvalue weighted by atomic mass is 9.83. The quantitative estimate of drug-likeness (QED) is 0.824. The molecule has 1 amide bonds. The van der Waals surface area contributed by atoms with Crippen molar-refractivity contribution in [1.29, 1.82) is 0 Å². The second-order valence-corrected chi connectivity index (χ2v) is 6.85. The molecule has 0 spiro atoms. The second kappa shape index (κ2) is 7.13. The van der Waals surface area contributed by atoms with Crippen molar-refractivity contribution >= 4 is 6.09 Å². The molecule has 19 heavy (non-hydrogen) atoms. The van der Waals surface area contributed by atoms with Gasteiger partial charge in [-0.3, -0.25) is 0 Å². The Hall–Kier alpha value is -0.770. The van der Waals surface area contributed by atoms with E-state index in [9.17, 15) is 4.79 Å². The summed E-state index contributed by atoms with van der Waals surface area (Å²) in [7, 11) is 0. The van der Waals surface area contributed by atoms with Crippen LogP contribution in [0.25, 0.3) is 0 Å². The molecule has 0 aliphatic heterocycles. The van der Waals surface area contributed by atoms with Crippen molar-refractivity contribution in [3.8, 4) is 0 Å². The molecule has 0 saturated heterocycles. The van der Waals surface area contributed by atoms with Crippen molar-refractivity contribution in [3.63, 3.8) is 0 Å². The van der Waals surface area contributed by atoms with Crippen LogP contribution in [0.5, 0.6) is 0 Å². The van der Waals surface area contributed by atoms with Crippen molar-refractivity contribution in [2.45, 2.75) is 83.9 Å². The highest BCUT2D eigenvalue weighted by Gasteiger charge is 2.25. The summed E-state index contributed by atoms with van der Waals surface area (Å²) < 4.78 is 5.30. The Morgan fingerprint density at radius 1 is 1.32 bits per heavy atom. The van der Waals surface area contributed by atoms with Gasteiger partial charge in [0.15, 0.2) is 0 Å². The fourth-order valence-corrected chi connectivity index (χ4v) is 2.65. The Kier molecular flexibility index (Phi) is 6.11. The van der Waals surface area contributed by atoms with Crippen LogP contribution in [0.2, 0.25) is 0 Å². The first-order chi connectivity index (χ1) is 8.78. The van der Waals surface area contributed by atoms with E-state index in [1.54, 1.807) is 0 Å². The van der Waals surface area contributed by atoms with Gasteiger partial charge in [0.2, 0.25) is 0 Å². The minimum atomic E-state index is -0.461. The van der Waals surface area contributed by atoms with Crippen molar-refractivity contribution in [1.82, 2.24) is 5.32 Å². The number of amides is 1. The molecule has 1 aliphatic carbocycles. The molecule has 0 heterocycles. The second-order valence-electron chi connectivity index (χ2n) is 6.85. The van der Waals surface area contributed by atoms with Crippen LogP contribution in [0.4, 0.5) is 4.79 Å². The van der Waals surface area contributed by atoms with Gasteiger partial charge >= 0.3 is 6.09 Å². The van der Waals surface area contributed by atoms with Crippen LogP contribution in [0, 0.1) is 5.92 Å². The third-order valence-electron chi connectivity index (χ3n) is 3.65. The summed E-state index contributed by atoms with van der Waals surface area (Å²) in [6.07, 6.45) is 7.10. The van der Waals surface area contributed by atoms with Crippen LogP contribution in [-0.2, 0) is 4.74 Å². The molecule has 0 bridgehead atoms. The highest BCUT2D eigenvalue weighted by atomic mass is 16.6.